The van der Waals surface area contributed by atoms with Gasteiger partial charge in [-0.25, -0.2) is 19.0 Å². The Morgan fingerprint density at radius 3 is 2.91 bits per heavy atom. The number of halogens is 1. The topological polar surface area (TPSA) is 113 Å². The highest BCUT2D eigenvalue weighted by atomic mass is 19.1. The third-order valence-corrected chi connectivity index (χ3v) is 6.37. The van der Waals surface area contributed by atoms with E-state index in [2.05, 4.69) is 30.8 Å². The van der Waals surface area contributed by atoms with E-state index in [-0.39, 0.29) is 17.4 Å². The highest BCUT2D eigenvalue weighted by molar-refractivity contribution is 6.04. The zero-order chi connectivity index (χ0) is 23.9. The predicted octanol–water partition coefficient (Wildman–Crippen LogP) is 3.46. The number of hydrogen-bond acceptors (Lipinski definition) is 7. The summed E-state index contributed by atoms with van der Waals surface area (Å²) in [5, 5.41) is 14.7. The monoisotopic (exact) mass is 474 g/mol. The average molecular weight is 475 g/mol. The summed E-state index contributed by atoms with van der Waals surface area (Å²) < 4.78 is 23.8. The molecule has 6 rings (SSSR count). The van der Waals surface area contributed by atoms with Gasteiger partial charge in [0.05, 0.1) is 35.9 Å². The van der Waals surface area contributed by atoms with Gasteiger partial charge >= 0.3 is 0 Å². The number of carbonyl (C=O) groups is 1. The smallest absolute Gasteiger partial charge is 0.259 e. The number of aryl methyl sites for hydroxylation is 1. The Morgan fingerprint density at radius 2 is 2.11 bits per heavy atom. The van der Waals surface area contributed by atoms with Crippen molar-refractivity contribution in [2.45, 2.75) is 38.1 Å². The van der Waals surface area contributed by atoms with Gasteiger partial charge in [-0.05, 0) is 66.4 Å². The van der Waals surface area contributed by atoms with Crippen molar-refractivity contribution in [2.24, 2.45) is 0 Å². The molecule has 1 N–H and O–H groups in total. The SMILES string of the molecule is Cc1cc(F)c(C(=O)Nc2cccc(-c3nnnn3[C@@H]3CCOC3)n2)cc1-n1cnc(C2CC2)c1. The average Bonchev–Trinajstić information content (AvgIpc) is 3.25. The Morgan fingerprint density at radius 1 is 1.23 bits per heavy atom. The highest BCUT2D eigenvalue weighted by Gasteiger charge is 2.26. The van der Waals surface area contributed by atoms with E-state index in [0.29, 0.717) is 41.9 Å². The van der Waals surface area contributed by atoms with Crippen LogP contribution < -0.4 is 5.32 Å². The second-order valence-electron chi connectivity index (χ2n) is 8.93. The summed E-state index contributed by atoms with van der Waals surface area (Å²) in [5.41, 5.74) is 2.85. The van der Waals surface area contributed by atoms with Crippen molar-refractivity contribution in [1.29, 1.82) is 0 Å². The number of hydrogen-bond donors (Lipinski definition) is 1. The van der Waals surface area contributed by atoms with Gasteiger partial charge in [0.1, 0.15) is 17.3 Å². The zero-order valence-electron chi connectivity index (χ0n) is 19.1. The van der Waals surface area contributed by atoms with Gasteiger partial charge in [0.2, 0.25) is 5.82 Å². The molecule has 3 aromatic heterocycles. The number of nitrogens with zero attached hydrogens (tertiary/aromatic N) is 7. The number of pyridine rings is 1. The second kappa shape index (κ2) is 8.66. The van der Waals surface area contributed by atoms with Crippen molar-refractivity contribution < 1.29 is 13.9 Å². The fourth-order valence-electron chi connectivity index (χ4n) is 4.31. The van der Waals surface area contributed by atoms with Crippen LogP contribution in [0.1, 0.15) is 52.8 Å². The molecule has 1 aromatic carbocycles. The van der Waals surface area contributed by atoms with E-state index in [4.69, 9.17) is 4.74 Å². The second-order valence-corrected chi connectivity index (χ2v) is 8.93. The Kier molecular flexibility index (Phi) is 5.33. The molecule has 1 aliphatic carbocycles. The number of nitrogens with one attached hydrogen (secondary N) is 1. The Labute approximate surface area is 200 Å². The molecule has 4 aromatic rings. The number of tetrazole rings is 1. The third-order valence-electron chi connectivity index (χ3n) is 6.37. The van der Waals surface area contributed by atoms with Gasteiger partial charge in [0.15, 0.2) is 0 Å². The molecule has 178 valence electrons. The van der Waals surface area contributed by atoms with E-state index >= 15 is 0 Å². The van der Waals surface area contributed by atoms with Gasteiger partial charge in [-0.3, -0.25) is 4.79 Å². The molecule has 11 heteroatoms. The summed E-state index contributed by atoms with van der Waals surface area (Å²) >= 11 is 0. The number of ether oxygens (including phenoxy) is 1. The number of aromatic nitrogens is 7. The van der Waals surface area contributed by atoms with Gasteiger partial charge in [-0.1, -0.05) is 6.07 Å². The van der Waals surface area contributed by atoms with Crippen LogP contribution in [0.5, 0.6) is 0 Å². The molecule has 1 saturated heterocycles. The van der Waals surface area contributed by atoms with Crippen LogP contribution in [0.15, 0.2) is 42.9 Å². The maximum atomic E-state index is 14.8. The molecule has 10 nitrogen and oxygen atoms in total. The largest absolute Gasteiger partial charge is 0.379 e. The molecule has 1 saturated carbocycles. The molecule has 1 aliphatic heterocycles. The molecular weight excluding hydrogens is 451 g/mol. The Balaban J connectivity index is 1.26. The number of anilines is 1. The van der Waals surface area contributed by atoms with Crippen LogP contribution >= 0.6 is 0 Å². The fourth-order valence-corrected chi connectivity index (χ4v) is 4.31. The molecular formula is C24H23FN8O2. The highest BCUT2D eigenvalue weighted by Crippen LogP contribution is 2.39. The third kappa shape index (κ3) is 4.18. The normalized spacial score (nSPS) is 17.6. The quantitative estimate of drug-likeness (QED) is 0.455. The van der Waals surface area contributed by atoms with Crippen molar-refractivity contribution in [2.75, 3.05) is 18.5 Å². The van der Waals surface area contributed by atoms with Crippen LogP contribution in [0, 0.1) is 12.7 Å². The van der Waals surface area contributed by atoms with Crippen LogP contribution in [0.2, 0.25) is 0 Å². The van der Waals surface area contributed by atoms with Crippen molar-refractivity contribution in [3.05, 3.63) is 65.5 Å². The zero-order valence-corrected chi connectivity index (χ0v) is 19.1. The molecule has 4 heterocycles. The van der Waals surface area contributed by atoms with E-state index in [0.717, 1.165) is 25.0 Å². The summed E-state index contributed by atoms with van der Waals surface area (Å²) in [6, 6.07) is 8.08. The lowest BCUT2D eigenvalue weighted by Gasteiger charge is -2.12. The number of benzene rings is 1. The summed E-state index contributed by atoms with van der Waals surface area (Å²) in [6.07, 6.45) is 6.74. The summed E-state index contributed by atoms with van der Waals surface area (Å²) in [6.45, 7) is 2.99. The van der Waals surface area contributed by atoms with Crippen molar-refractivity contribution in [3.63, 3.8) is 0 Å². The van der Waals surface area contributed by atoms with E-state index in [9.17, 15) is 9.18 Å². The lowest BCUT2D eigenvalue weighted by Crippen LogP contribution is -2.16. The number of rotatable bonds is 6. The molecule has 0 radical (unpaired) electrons. The minimum atomic E-state index is -0.604. The molecule has 1 amide bonds. The standard InChI is InChI=1S/C24H23FN8O2/c1-14-9-18(25)17(10-21(14)32-11-20(26-13-32)15-5-6-15)24(34)28-22-4-2-3-19(27-22)23-29-30-31-33(23)16-7-8-35-12-16/h2-4,9-11,13,15-16H,5-8,12H2,1H3,(H,27,28,34)/t16-/m1/s1. The molecule has 2 aliphatic rings. The van der Waals surface area contributed by atoms with Crippen LogP contribution in [-0.4, -0.2) is 53.9 Å². The fraction of sp³-hybridized carbons (Fsp3) is 0.333. The Bertz CT molecular complexity index is 1400. The number of imidazole rings is 1. The first kappa shape index (κ1) is 21.5. The molecule has 0 spiro atoms. The van der Waals surface area contributed by atoms with E-state index in [1.54, 1.807) is 35.3 Å². The lowest BCUT2D eigenvalue weighted by atomic mass is 10.1. The van der Waals surface area contributed by atoms with Crippen molar-refractivity contribution in [1.82, 2.24) is 34.7 Å². The summed E-state index contributed by atoms with van der Waals surface area (Å²) in [7, 11) is 0. The molecule has 0 unspecified atom stereocenters. The maximum Gasteiger partial charge on any atom is 0.259 e. The van der Waals surface area contributed by atoms with Gasteiger partial charge in [0, 0.05) is 18.7 Å². The van der Waals surface area contributed by atoms with Crippen LogP contribution in [0.3, 0.4) is 0 Å². The summed E-state index contributed by atoms with van der Waals surface area (Å²) in [4.78, 5) is 22.0. The van der Waals surface area contributed by atoms with Gasteiger partial charge in [0.25, 0.3) is 5.91 Å². The summed E-state index contributed by atoms with van der Waals surface area (Å²) in [5.74, 6) is 0.0459. The number of carbonyl (C=O) groups excluding carboxylic acids is 1. The molecule has 1 atom stereocenters. The minimum absolute atomic E-state index is 0.0312. The number of amides is 1. The van der Waals surface area contributed by atoms with Crippen LogP contribution in [0.4, 0.5) is 10.2 Å². The van der Waals surface area contributed by atoms with Crippen LogP contribution in [0.25, 0.3) is 17.2 Å². The first-order chi connectivity index (χ1) is 17.1. The molecule has 0 bridgehead atoms. The molecule has 2 fully saturated rings. The first-order valence-corrected chi connectivity index (χ1v) is 11.6. The van der Waals surface area contributed by atoms with Crippen molar-refractivity contribution >= 4 is 11.7 Å². The van der Waals surface area contributed by atoms with Gasteiger partial charge in [-0.15, -0.1) is 5.10 Å². The van der Waals surface area contributed by atoms with Crippen molar-refractivity contribution in [3.8, 4) is 17.2 Å². The van der Waals surface area contributed by atoms with E-state index < -0.39 is 11.7 Å². The van der Waals surface area contributed by atoms with Crippen LogP contribution in [-0.2, 0) is 4.74 Å². The predicted molar refractivity (Wildman–Crippen MR) is 124 cm³/mol. The maximum absolute atomic E-state index is 14.8. The molecule has 35 heavy (non-hydrogen) atoms. The first-order valence-electron chi connectivity index (χ1n) is 11.6. The Hall–Kier alpha value is -3.99. The van der Waals surface area contributed by atoms with E-state index in [1.165, 1.54) is 6.07 Å². The minimum Gasteiger partial charge on any atom is -0.379 e. The van der Waals surface area contributed by atoms with Gasteiger partial charge in [-0.2, -0.15) is 0 Å². The lowest BCUT2D eigenvalue weighted by molar-refractivity contribution is 0.102. The van der Waals surface area contributed by atoms with E-state index in [1.807, 2.05) is 17.7 Å². The van der Waals surface area contributed by atoms with Gasteiger partial charge < -0.3 is 14.6 Å².